The van der Waals surface area contributed by atoms with Gasteiger partial charge >= 0.3 is 12.0 Å². The molecule has 112 valence electrons. The Bertz CT molecular complexity index is 415. The van der Waals surface area contributed by atoms with E-state index in [1.807, 2.05) is 6.08 Å². The van der Waals surface area contributed by atoms with Crippen LogP contribution in [0.2, 0.25) is 0 Å². The second-order valence-electron chi connectivity index (χ2n) is 5.11. The first-order valence-corrected chi connectivity index (χ1v) is 6.62. The number of hydrogen-bond donors (Lipinski definition) is 2. The average Bonchev–Trinajstić information content (AvgIpc) is 2.90. The Morgan fingerprint density at radius 3 is 2.90 bits per heavy atom. The Morgan fingerprint density at radius 2 is 2.40 bits per heavy atom. The van der Waals surface area contributed by atoms with Gasteiger partial charge in [0.05, 0.1) is 13.2 Å². The Morgan fingerprint density at radius 1 is 1.60 bits per heavy atom. The van der Waals surface area contributed by atoms with Crippen LogP contribution in [-0.4, -0.2) is 67.6 Å². The molecule has 2 aliphatic heterocycles. The molecule has 0 aromatic heterocycles. The molecule has 7 nitrogen and oxygen atoms in total. The number of methoxy groups -OCH3 is 1. The van der Waals surface area contributed by atoms with Crippen LogP contribution in [0, 0.1) is 0 Å². The van der Waals surface area contributed by atoms with Crippen LogP contribution in [-0.2, 0) is 14.3 Å². The summed E-state index contributed by atoms with van der Waals surface area (Å²) in [6.07, 6.45) is 3.00. The summed E-state index contributed by atoms with van der Waals surface area (Å²) in [5.41, 5.74) is -0.123. The predicted octanol–water partition coefficient (Wildman–Crippen LogP) is 0.218. The van der Waals surface area contributed by atoms with Crippen LogP contribution in [0.25, 0.3) is 0 Å². The lowest BCUT2D eigenvalue weighted by Crippen LogP contribution is -2.58. The van der Waals surface area contributed by atoms with Crippen molar-refractivity contribution in [2.24, 2.45) is 0 Å². The van der Waals surface area contributed by atoms with Gasteiger partial charge < -0.3 is 24.8 Å². The normalized spacial score (nSPS) is 26.2. The molecule has 1 saturated heterocycles. The van der Waals surface area contributed by atoms with Gasteiger partial charge in [0.1, 0.15) is 0 Å². The van der Waals surface area contributed by atoms with Gasteiger partial charge in [-0.2, -0.15) is 0 Å². The standard InChI is InChI=1S/C13H20N2O5/c1-19-8-10-2-5-15(6-3-10)12(18)14-13(11(16)17)4-7-20-9-13/h2H,3-9H2,1H3,(H,14,18)(H,16,17). The van der Waals surface area contributed by atoms with Crippen molar-refractivity contribution >= 4 is 12.0 Å². The zero-order chi connectivity index (χ0) is 14.6. The SMILES string of the molecule is COCC1=CCN(C(=O)NC2(C(=O)O)CCOC2)CC1. The number of urea groups is 1. The predicted molar refractivity (Wildman–Crippen MR) is 70.5 cm³/mol. The minimum atomic E-state index is -1.28. The van der Waals surface area contributed by atoms with Crippen molar-refractivity contribution in [2.45, 2.75) is 18.4 Å². The van der Waals surface area contributed by atoms with E-state index in [0.29, 0.717) is 32.7 Å². The van der Waals surface area contributed by atoms with Gasteiger partial charge in [0.2, 0.25) is 0 Å². The molecular formula is C13H20N2O5. The molecule has 0 radical (unpaired) electrons. The lowest BCUT2D eigenvalue weighted by Gasteiger charge is -2.31. The summed E-state index contributed by atoms with van der Waals surface area (Å²) in [6.45, 7) is 1.98. The van der Waals surface area contributed by atoms with Crippen molar-refractivity contribution in [3.63, 3.8) is 0 Å². The lowest BCUT2D eigenvalue weighted by atomic mass is 9.99. The maximum absolute atomic E-state index is 12.2. The van der Waals surface area contributed by atoms with E-state index < -0.39 is 11.5 Å². The number of carboxylic acid groups (broad SMARTS) is 1. The zero-order valence-corrected chi connectivity index (χ0v) is 11.6. The Balaban J connectivity index is 1.94. The van der Waals surface area contributed by atoms with E-state index in [2.05, 4.69) is 5.32 Å². The molecule has 7 heteroatoms. The van der Waals surface area contributed by atoms with Crippen molar-refractivity contribution in [2.75, 3.05) is 40.0 Å². The van der Waals surface area contributed by atoms with Crippen LogP contribution in [0.4, 0.5) is 4.79 Å². The summed E-state index contributed by atoms with van der Waals surface area (Å²) in [5.74, 6) is -1.05. The van der Waals surface area contributed by atoms with Crippen LogP contribution in [0.5, 0.6) is 0 Å². The highest BCUT2D eigenvalue weighted by Crippen LogP contribution is 2.20. The molecule has 1 fully saturated rings. The van der Waals surface area contributed by atoms with Crippen molar-refractivity contribution in [3.8, 4) is 0 Å². The highest BCUT2D eigenvalue weighted by Gasteiger charge is 2.44. The van der Waals surface area contributed by atoms with Gasteiger partial charge in [0.25, 0.3) is 0 Å². The molecule has 0 bridgehead atoms. The third-order valence-corrected chi connectivity index (χ3v) is 3.70. The number of ether oxygens (including phenoxy) is 2. The summed E-state index contributed by atoms with van der Waals surface area (Å²) >= 11 is 0. The van der Waals surface area contributed by atoms with Gasteiger partial charge in [-0.25, -0.2) is 9.59 Å². The third kappa shape index (κ3) is 3.10. The molecule has 2 aliphatic rings. The van der Waals surface area contributed by atoms with Crippen LogP contribution in [0.15, 0.2) is 11.6 Å². The first-order valence-electron chi connectivity index (χ1n) is 6.62. The number of carbonyl (C=O) groups excluding carboxylic acids is 1. The Hall–Kier alpha value is -1.60. The van der Waals surface area contributed by atoms with Gasteiger partial charge in [-0.3, -0.25) is 0 Å². The first kappa shape index (κ1) is 14.8. The fourth-order valence-electron chi connectivity index (χ4n) is 2.38. The summed E-state index contributed by atoms with van der Waals surface area (Å²) in [7, 11) is 1.64. The quantitative estimate of drug-likeness (QED) is 0.721. The van der Waals surface area contributed by atoms with Gasteiger partial charge in [-0.05, 0) is 12.0 Å². The van der Waals surface area contributed by atoms with Crippen LogP contribution in [0.3, 0.4) is 0 Å². The molecule has 0 aromatic carbocycles. The molecule has 2 rings (SSSR count). The second kappa shape index (κ2) is 6.23. The molecule has 20 heavy (non-hydrogen) atoms. The second-order valence-corrected chi connectivity index (χ2v) is 5.11. The van der Waals surface area contributed by atoms with E-state index in [-0.39, 0.29) is 12.6 Å². The summed E-state index contributed by atoms with van der Waals surface area (Å²) < 4.78 is 10.2. The first-order chi connectivity index (χ1) is 9.57. The fraction of sp³-hybridized carbons (Fsp3) is 0.692. The summed E-state index contributed by atoms with van der Waals surface area (Å²) in [5, 5.41) is 11.9. The van der Waals surface area contributed by atoms with Crippen molar-refractivity contribution < 1.29 is 24.2 Å². The van der Waals surface area contributed by atoms with E-state index in [1.54, 1.807) is 12.0 Å². The van der Waals surface area contributed by atoms with E-state index in [1.165, 1.54) is 0 Å². The highest BCUT2D eigenvalue weighted by atomic mass is 16.5. The molecule has 0 aliphatic carbocycles. The molecule has 2 N–H and O–H groups in total. The fourth-order valence-corrected chi connectivity index (χ4v) is 2.38. The van der Waals surface area contributed by atoms with E-state index >= 15 is 0 Å². The van der Waals surface area contributed by atoms with E-state index in [9.17, 15) is 14.7 Å². The minimum absolute atomic E-state index is 0.0205. The number of hydrogen-bond acceptors (Lipinski definition) is 4. The minimum Gasteiger partial charge on any atom is -0.479 e. The van der Waals surface area contributed by atoms with E-state index in [4.69, 9.17) is 9.47 Å². The van der Waals surface area contributed by atoms with Crippen LogP contribution in [0.1, 0.15) is 12.8 Å². The van der Waals surface area contributed by atoms with Gasteiger partial charge in [-0.1, -0.05) is 6.08 Å². The number of amides is 2. The van der Waals surface area contributed by atoms with Gasteiger partial charge in [0, 0.05) is 33.2 Å². The molecule has 0 saturated carbocycles. The van der Waals surface area contributed by atoms with Crippen LogP contribution >= 0.6 is 0 Å². The van der Waals surface area contributed by atoms with Crippen LogP contribution < -0.4 is 5.32 Å². The largest absolute Gasteiger partial charge is 0.479 e. The Kier molecular flexibility index (Phi) is 4.61. The molecular weight excluding hydrogens is 264 g/mol. The monoisotopic (exact) mass is 284 g/mol. The number of carbonyl (C=O) groups is 2. The average molecular weight is 284 g/mol. The smallest absolute Gasteiger partial charge is 0.332 e. The number of rotatable bonds is 4. The molecule has 1 unspecified atom stereocenters. The number of nitrogens with one attached hydrogen (secondary N) is 1. The van der Waals surface area contributed by atoms with Crippen molar-refractivity contribution in [1.82, 2.24) is 10.2 Å². The zero-order valence-electron chi connectivity index (χ0n) is 11.6. The van der Waals surface area contributed by atoms with Crippen molar-refractivity contribution in [1.29, 1.82) is 0 Å². The van der Waals surface area contributed by atoms with Crippen molar-refractivity contribution in [3.05, 3.63) is 11.6 Å². The summed E-state index contributed by atoms with van der Waals surface area (Å²) in [4.78, 5) is 25.1. The molecule has 2 amide bonds. The highest BCUT2D eigenvalue weighted by molar-refractivity contribution is 5.86. The molecule has 0 spiro atoms. The third-order valence-electron chi connectivity index (χ3n) is 3.70. The summed E-state index contributed by atoms with van der Waals surface area (Å²) in [6, 6.07) is -0.356. The number of aliphatic carboxylic acids is 1. The molecule has 2 heterocycles. The topological polar surface area (TPSA) is 88.1 Å². The van der Waals surface area contributed by atoms with Gasteiger partial charge in [-0.15, -0.1) is 0 Å². The lowest BCUT2D eigenvalue weighted by molar-refractivity contribution is -0.144. The van der Waals surface area contributed by atoms with E-state index in [0.717, 1.165) is 12.0 Å². The molecule has 0 aromatic rings. The number of carboxylic acids is 1. The Labute approximate surface area is 117 Å². The molecule has 1 atom stereocenters. The number of nitrogens with zero attached hydrogens (tertiary/aromatic N) is 1. The van der Waals surface area contributed by atoms with Gasteiger partial charge in [0.15, 0.2) is 5.54 Å². The maximum atomic E-state index is 12.2. The maximum Gasteiger partial charge on any atom is 0.332 e.